The summed E-state index contributed by atoms with van der Waals surface area (Å²) in [5, 5.41) is 6.82. The van der Waals surface area contributed by atoms with Gasteiger partial charge in [0.2, 0.25) is 5.91 Å². The number of aliphatic imine (C=N–C) groups is 1. The van der Waals surface area contributed by atoms with Crippen LogP contribution in [-0.2, 0) is 11.3 Å². The van der Waals surface area contributed by atoms with Crippen molar-refractivity contribution in [3.05, 3.63) is 94.9 Å². The summed E-state index contributed by atoms with van der Waals surface area (Å²) in [6, 6.07) is 19.0. The lowest BCUT2D eigenvalue weighted by Crippen LogP contribution is -2.22. The molecule has 0 radical (unpaired) electrons. The fraction of sp³-hybridized carbons (Fsp3) is 0.154. The van der Waals surface area contributed by atoms with Gasteiger partial charge in [-0.15, -0.1) is 0 Å². The smallest absolute Gasteiger partial charge is 0.238 e. The summed E-state index contributed by atoms with van der Waals surface area (Å²) in [7, 11) is 0. The van der Waals surface area contributed by atoms with E-state index in [4.69, 9.17) is 26.1 Å². The zero-order valence-corrected chi connectivity index (χ0v) is 18.7. The number of nitrogens with zero attached hydrogens (tertiary/aromatic N) is 1. The first-order chi connectivity index (χ1) is 16.1. The summed E-state index contributed by atoms with van der Waals surface area (Å²) < 4.78 is 11.1. The van der Waals surface area contributed by atoms with Crippen molar-refractivity contribution in [2.45, 2.75) is 19.4 Å². The van der Waals surface area contributed by atoms with E-state index in [1.807, 2.05) is 48.5 Å². The molecule has 0 aliphatic carbocycles. The highest BCUT2D eigenvalue weighted by molar-refractivity contribution is 6.31. The predicted octanol–water partition coefficient (Wildman–Crippen LogP) is 5.55. The Hall–Kier alpha value is -3.61. The van der Waals surface area contributed by atoms with Crippen LogP contribution >= 0.6 is 11.6 Å². The third kappa shape index (κ3) is 4.35. The lowest BCUT2D eigenvalue weighted by molar-refractivity contribution is -0.115. The van der Waals surface area contributed by atoms with Crippen LogP contribution in [0.1, 0.15) is 29.5 Å². The monoisotopic (exact) mass is 459 g/mol. The number of hydrogen-bond donors (Lipinski definition) is 2. The van der Waals surface area contributed by atoms with Crippen molar-refractivity contribution >= 4 is 34.6 Å². The number of ether oxygens (including phenoxy) is 2. The quantitative estimate of drug-likeness (QED) is 0.474. The second-order valence-electron chi connectivity index (χ2n) is 7.77. The average molecular weight is 460 g/mol. The maximum atomic E-state index is 13.1. The second-order valence-corrected chi connectivity index (χ2v) is 8.20. The van der Waals surface area contributed by atoms with Crippen LogP contribution in [0.5, 0.6) is 11.5 Å². The number of hydrogen-bond acceptors (Lipinski definition) is 5. The maximum absolute atomic E-state index is 13.1. The largest absolute Gasteiger partial charge is 0.458 e. The molecule has 166 valence electrons. The first kappa shape index (κ1) is 21.2. The number of nitrogens with one attached hydrogen (secondary N) is 2. The van der Waals surface area contributed by atoms with Crippen LogP contribution in [0.3, 0.4) is 0 Å². The minimum Gasteiger partial charge on any atom is -0.458 e. The molecule has 3 aromatic rings. The SMILES string of the molecule is CCNCc1ccc(N=C(c2ccc3c(c2)OC=CO3)C2C(=O)Nc3cc(Cl)ccc32)cc1. The van der Waals surface area contributed by atoms with Crippen molar-refractivity contribution in [1.29, 1.82) is 0 Å². The normalized spacial score (nSPS) is 16.5. The Morgan fingerprint density at radius 1 is 1.03 bits per heavy atom. The Morgan fingerprint density at radius 2 is 1.82 bits per heavy atom. The molecule has 2 aliphatic rings. The van der Waals surface area contributed by atoms with Crippen molar-refractivity contribution < 1.29 is 14.3 Å². The molecule has 33 heavy (non-hydrogen) atoms. The number of rotatable bonds is 6. The molecule has 0 saturated heterocycles. The van der Waals surface area contributed by atoms with Gasteiger partial charge in [0.05, 0.1) is 11.4 Å². The summed E-state index contributed by atoms with van der Waals surface area (Å²) in [5.41, 5.74) is 4.85. The van der Waals surface area contributed by atoms with Gasteiger partial charge in [-0.2, -0.15) is 0 Å². The van der Waals surface area contributed by atoms with Crippen molar-refractivity contribution in [3.8, 4) is 11.5 Å². The molecule has 0 spiro atoms. The fourth-order valence-corrected chi connectivity index (χ4v) is 4.13. The number of benzene rings is 3. The summed E-state index contributed by atoms with van der Waals surface area (Å²) in [6.07, 6.45) is 2.96. The van der Waals surface area contributed by atoms with E-state index < -0.39 is 5.92 Å². The van der Waals surface area contributed by atoms with Crippen molar-refractivity contribution in [1.82, 2.24) is 5.32 Å². The van der Waals surface area contributed by atoms with Gasteiger partial charge in [0.25, 0.3) is 0 Å². The molecule has 0 fully saturated rings. The van der Waals surface area contributed by atoms with Gasteiger partial charge in [0.1, 0.15) is 18.4 Å². The maximum Gasteiger partial charge on any atom is 0.238 e. The third-order valence-corrected chi connectivity index (χ3v) is 5.81. The molecule has 6 nitrogen and oxygen atoms in total. The summed E-state index contributed by atoms with van der Waals surface area (Å²) in [6.45, 7) is 3.78. The fourth-order valence-electron chi connectivity index (χ4n) is 3.96. The molecule has 0 aromatic heterocycles. The highest BCUT2D eigenvalue weighted by Gasteiger charge is 2.36. The van der Waals surface area contributed by atoms with Crippen molar-refractivity contribution in [2.24, 2.45) is 4.99 Å². The molecule has 1 unspecified atom stereocenters. The van der Waals surface area contributed by atoms with E-state index >= 15 is 0 Å². The first-order valence-electron chi connectivity index (χ1n) is 10.7. The van der Waals surface area contributed by atoms with E-state index in [2.05, 4.69) is 17.6 Å². The van der Waals surface area contributed by atoms with Crippen LogP contribution in [-0.4, -0.2) is 18.2 Å². The number of anilines is 1. The second kappa shape index (κ2) is 9.10. The van der Waals surface area contributed by atoms with Gasteiger partial charge in [0, 0.05) is 22.8 Å². The van der Waals surface area contributed by atoms with E-state index in [1.54, 1.807) is 12.1 Å². The molecule has 2 heterocycles. The molecule has 1 atom stereocenters. The Balaban J connectivity index is 1.59. The highest BCUT2D eigenvalue weighted by atomic mass is 35.5. The molecule has 7 heteroatoms. The van der Waals surface area contributed by atoms with Gasteiger partial charge in [-0.05, 0) is 60.1 Å². The van der Waals surface area contributed by atoms with Crippen LogP contribution in [0, 0.1) is 0 Å². The zero-order valence-electron chi connectivity index (χ0n) is 18.0. The molecular formula is C26H22ClN3O3. The van der Waals surface area contributed by atoms with E-state index in [9.17, 15) is 4.79 Å². The van der Waals surface area contributed by atoms with Gasteiger partial charge in [0.15, 0.2) is 11.5 Å². The van der Waals surface area contributed by atoms with E-state index in [-0.39, 0.29) is 5.91 Å². The molecule has 3 aromatic carbocycles. The Morgan fingerprint density at radius 3 is 2.61 bits per heavy atom. The number of halogens is 1. The topological polar surface area (TPSA) is 72.0 Å². The van der Waals surface area contributed by atoms with Crippen molar-refractivity contribution in [2.75, 3.05) is 11.9 Å². The van der Waals surface area contributed by atoms with Crippen LogP contribution in [0.25, 0.3) is 0 Å². The van der Waals surface area contributed by atoms with Crippen LogP contribution in [0.4, 0.5) is 11.4 Å². The number of fused-ring (bicyclic) bond motifs is 2. The molecular weight excluding hydrogens is 438 g/mol. The van der Waals surface area contributed by atoms with E-state index in [0.717, 1.165) is 29.9 Å². The summed E-state index contributed by atoms with van der Waals surface area (Å²) in [4.78, 5) is 18.0. The summed E-state index contributed by atoms with van der Waals surface area (Å²) in [5.74, 6) is 0.441. The minimum absolute atomic E-state index is 0.149. The number of amides is 1. The Bertz CT molecular complexity index is 1270. The van der Waals surface area contributed by atoms with Gasteiger partial charge in [-0.3, -0.25) is 9.79 Å². The minimum atomic E-state index is -0.586. The van der Waals surface area contributed by atoms with Gasteiger partial charge in [-0.25, -0.2) is 0 Å². The number of carbonyl (C=O) groups is 1. The Labute approximate surface area is 196 Å². The molecule has 0 bridgehead atoms. The van der Waals surface area contributed by atoms with Gasteiger partial charge in [-0.1, -0.05) is 36.7 Å². The third-order valence-electron chi connectivity index (χ3n) is 5.57. The highest BCUT2D eigenvalue weighted by Crippen LogP contribution is 2.39. The van der Waals surface area contributed by atoms with Crippen LogP contribution in [0.2, 0.25) is 5.02 Å². The zero-order chi connectivity index (χ0) is 22.8. The Kier molecular flexibility index (Phi) is 5.86. The molecule has 2 N–H and O–H groups in total. The lowest BCUT2D eigenvalue weighted by Gasteiger charge is -2.17. The molecule has 1 amide bonds. The molecule has 0 saturated carbocycles. The van der Waals surface area contributed by atoms with Gasteiger partial charge < -0.3 is 20.1 Å². The van der Waals surface area contributed by atoms with Crippen molar-refractivity contribution in [3.63, 3.8) is 0 Å². The number of carbonyl (C=O) groups excluding carboxylic acids is 1. The van der Waals surface area contributed by atoms with Gasteiger partial charge >= 0.3 is 0 Å². The molecule has 2 aliphatic heterocycles. The van der Waals surface area contributed by atoms with Crippen LogP contribution < -0.4 is 20.1 Å². The summed E-state index contributed by atoms with van der Waals surface area (Å²) >= 11 is 6.15. The molecule has 5 rings (SSSR count). The van der Waals surface area contributed by atoms with E-state index in [1.165, 1.54) is 18.1 Å². The average Bonchev–Trinajstić information content (AvgIpc) is 3.16. The first-order valence-corrected chi connectivity index (χ1v) is 11.1. The lowest BCUT2D eigenvalue weighted by atomic mass is 9.90. The predicted molar refractivity (Wildman–Crippen MR) is 130 cm³/mol. The van der Waals surface area contributed by atoms with Crippen LogP contribution in [0.15, 0.2) is 78.2 Å². The van der Waals surface area contributed by atoms with E-state index in [0.29, 0.717) is 27.9 Å². The standard InChI is InChI=1S/C26H22ClN3O3/c1-2-28-15-16-3-7-19(8-4-16)29-25(17-5-10-22-23(13-17)33-12-11-32-22)24-20-9-6-18(27)14-21(20)30-26(24)31/h3-14,24,28H,2,15H2,1H3,(H,30,31).